The summed E-state index contributed by atoms with van der Waals surface area (Å²) in [6, 6.07) is 10.4. The number of nitrogens with zero attached hydrogens (tertiary/aromatic N) is 1. The van der Waals surface area contributed by atoms with Gasteiger partial charge in [-0.2, -0.15) is 0 Å². The zero-order valence-corrected chi connectivity index (χ0v) is 16.9. The van der Waals surface area contributed by atoms with Gasteiger partial charge in [-0.15, -0.1) is 0 Å². The number of ether oxygens (including phenoxy) is 1. The number of amides is 1. The van der Waals surface area contributed by atoms with Gasteiger partial charge in [-0.1, -0.05) is 47.5 Å². The molecule has 0 radical (unpaired) electrons. The summed E-state index contributed by atoms with van der Waals surface area (Å²) in [5.74, 6) is -2.45. The minimum Gasteiger partial charge on any atom is -0.545 e. The Morgan fingerprint density at radius 1 is 1.07 bits per heavy atom. The number of halogens is 2. The maximum absolute atomic E-state index is 13.2. The van der Waals surface area contributed by atoms with Crippen LogP contribution in [0.2, 0.25) is 10.0 Å². The maximum atomic E-state index is 13.2. The van der Waals surface area contributed by atoms with Crippen molar-refractivity contribution in [3.05, 3.63) is 80.5 Å². The van der Waals surface area contributed by atoms with Gasteiger partial charge in [0.1, 0.15) is 0 Å². The highest BCUT2D eigenvalue weighted by Crippen LogP contribution is 2.37. The topological polar surface area (TPSA) is 86.7 Å². The largest absolute Gasteiger partial charge is 0.545 e. The molecule has 3 rings (SSSR count). The molecule has 2 aromatic carbocycles. The number of aromatic carboxylic acids is 1. The van der Waals surface area contributed by atoms with Crippen molar-refractivity contribution >= 4 is 52.8 Å². The number of anilines is 1. The number of esters is 1. The molecule has 2 aromatic rings. The van der Waals surface area contributed by atoms with Crippen molar-refractivity contribution in [3.63, 3.8) is 0 Å². The predicted octanol–water partition coefficient (Wildman–Crippen LogP) is 3.23. The van der Waals surface area contributed by atoms with Crippen molar-refractivity contribution < 1.29 is 24.2 Å². The number of carboxylic acids is 1. The number of carboxylic acid groups (broad SMARTS) is 1. The Kier molecular flexibility index (Phi) is 5.77. The van der Waals surface area contributed by atoms with Crippen LogP contribution in [0.15, 0.2) is 59.3 Å². The normalized spacial score (nSPS) is 15.2. The van der Waals surface area contributed by atoms with Crippen molar-refractivity contribution in [1.82, 2.24) is 0 Å². The van der Waals surface area contributed by atoms with E-state index in [1.54, 1.807) is 19.1 Å². The quantitative estimate of drug-likeness (QED) is 0.548. The van der Waals surface area contributed by atoms with Gasteiger partial charge in [-0.05, 0) is 42.3 Å². The molecule has 8 heteroatoms. The van der Waals surface area contributed by atoms with E-state index in [-0.39, 0.29) is 16.7 Å². The standard InChI is InChI=1S/C21H15Cl2NO5/c1-11-18(21(28)29-2)17(7-12-3-5-13(6-4-12)20(26)27)19(25)24(11)16-9-14(22)8-15(23)10-16/h3-10H,1-2H3,(H,26,27)/p-1/b17-7-. The maximum Gasteiger partial charge on any atom is 0.340 e. The van der Waals surface area contributed by atoms with Gasteiger partial charge in [0, 0.05) is 15.7 Å². The zero-order valence-electron chi connectivity index (χ0n) is 15.4. The molecular formula is C21H14Cl2NO5-. The average Bonchev–Trinajstić information content (AvgIpc) is 2.90. The molecule has 0 fully saturated rings. The summed E-state index contributed by atoms with van der Waals surface area (Å²) in [4.78, 5) is 37.8. The van der Waals surface area contributed by atoms with Crippen molar-refractivity contribution in [3.8, 4) is 0 Å². The van der Waals surface area contributed by atoms with Crippen LogP contribution < -0.4 is 10.0 Å². The summed E-state index contributed by atoms with van der Waals surface area (Å²) < 4.78 is 4.85. The third-order valence-corrected chi connectivity index (χ3v) is 4.79. The van der Waals surface area contributed by atoms with Gasteiger partial charge in [0.25, 0.3) is 5.91 Å². The van der Waals surface area contributed by atoms with E-state index >= 15 is 0 Å². The number of allylic oxidation sites excluding steroid dienone is 1. The molecule has 0 atom stereocenters. The van der Waals surface area contributed by atoms with Crippen LogP contribution in [0.3, 0.4) is 0 Å². The van der Waals surface area contributed by atoms with Crippen LogP contribution >= 0.6 is 23.2 Å². The number of carbonyl (C=O) groups excluding carboxylic acids is 3. The Bertz CT molecular complexity index is 1070. The predicted molar refractivity (Wildman–Crippen MR) is 107 cm³/mol. The summed E-state index contributed by atoms with van der Waals surface area (Å²) in [5, 5.41) is 11.6. The lowest BCUT2D eigenvalue weighted by molar-refractivity contribution is -0.255. The molecule has 0 N–H and O–H groups in total. The van der Waals surface area contributed by atoms with Crippen molar-refractivity contribution in [1.29, 1.82) is 0 Å². The van der Waals surface area contributed by atoms with Crippen molar-refractivity contribution in [2.24, 2.45) is 0 Å². The lowest BCUT2D eigenvalue weighted by Crippen LogP contribution is -2.24. The smallest absolute Gasteiger partial charge is 0.340 e. The third-order valence-electron chi connectivity index (χ3n) is 4.35. The lowest BCUT2D eigenvalue weighted by Gasteiger charge is -2.18. The second-order valence-electron chi connectivity index (χ2n) is 6.19. The first kappa shape index (κ1) is 20.6. The summed E-state index contributed by atoms with van der Waals surface area (Å²) in [6.07, 6.45) is 1.49. The van der Waals surface area contributed by atoms with Gasteiger partial charge in [0.2, 0.25) is 0 Å². The fraction of sp³-hybridized carbons (Fsp3) is 0.0952. The molecule has 1 aliphatic rings. The first-order valence-corrected chi connectivity index (χ1v) is 9.11. The molecule has 1 heterocycles. The van der Waals surface area contributed by atoms with Crippen LogP contribution in [0.25, 0.3) is 6.08 Å². The minimum absolute atomic E-state index is 0.00000772. The fourth-order valence-corrected chi connectivity index (χ4v) is 3.56. The molecule has 0 aliphatic carbocycles. The van der Waals surface area contributed by atoms with Crippen molar-refractivity contribution in [2.75, 3.05) is 12.0 Å². The Labute approximate surface area is 176 Å². The number of hydrogen-bond donors (Lipinski definition) is 0. The Morgan fingerprint density at radius 2 is 1.66 bits per heavy atom. The summed E-state index contributed by atoms with van der Waals surface area (Å²) in [5.41, 5.74) is 1.49. The van der Waals surface area contributed by atoms with E-state index in [0.29, 0.717) is 27.0 Å². The number of benzene rings is 2. The van der Waals surface area contributed by atoms with Crippen LogP contribution in [0.5, 0.6) is 0 Å². The van der Waals surface area contributed by atoms with Crippen LogP contribution in [0.1, 0.15) is 22.8 Å². The second-order valence-corrected chi connectivity index (χ2v) is 7.06. The average molecular weight is 431 g/mol. The SMILES string of the molecule is COC(=O)C1=C(C)N(c2cc(Cl)cc(Cl)c2)C(=O)/C1=C\c1ccc(C(=O)[O-])cc1. The Hall–Kier alpha value is -3.09. The van der Waals surface area contributed by atoms with E-state index in [4.69, 9.17) is 27.9 Å². The molecule has 1 aliphatic heterocycles. The molecule has 0 bridgehead atoms. The van der Waals surface area contributed by atoms with Crippen LogP contribution in [-0.2, 0) is 14.3 Å². The highest BCUT2D eigenvalue weighted by molar-refractivity contribution is 6.35. The molecular weight excluding hydrogens is 417 g/mol. The Balaban J connectivity index is 2.12. The van der Waals surface area contributed by atoms with E-state index in [1.165, 1.54) is 48.4 Å². The molecule has 0 aromatic heterocycles. The highest BCUT2D eigenvalue weighted by Gasteiger charge is 2.38. The molecule has 1 amide bonds. The molecule has 0 spiro atoms. The second kappa shape index (κ2) is 8.11. The minimum atomic E-state index is -1.31. The Morgan fingerprint density at radius 3 is 2.17 bits per heavy atom. The highest BCUT2D eigenvalue weighted by atomic mass is 35.5. The number of methoxy groups -OCH3 is 1. The van der Waals surface area contributed by atoms with Gasteiger partial charge in [-0.25, -0.2) is 4.79 Å². The van der Waals surface area contributed by atoms with Gasteiger partial charge in [0.05, 0.1) is 29.9 Å². The van der Waals surface area contributed by atoms with E-state index in [9.17, 15) is 19.5 Å². The summed E-state index contributed by atoms with van der Waals surface area (Å²) >= 11 is 12.1. The van der Waals surface area contributed by atoms with Gasteiger partial charge in [-0.3, -0.25) is 9.69 Å². The summed E-state index contributed by atoms with van der Waals surface area (Å²) in [7, 11) is 1.22. The van der Waals surface area contributed by atoms with Crippen molar-refractivity contribution in [2.45, 2.75) is 6.92 Å². The third kappa shape index (κ3) is 4.04. The van der Waals surface area contributed by atoms with Gasteiger partial charge in [0.15, 0.2) is 0 Å². The van der Waals surface area contributed by atoms with Crippen LogP contribution in [0, 0.1) is 0 Å². The molecule has 6 nitrogen and oxygen atoms in total. The monoisotopic (exact) mass is 430 g/mol. The lowest BCUT2D eigenvalue weighted by atomic mass is 10.0. The van der Waals surface area contributed by atoms with E-state index in [2.05, 4.69) is 0 Å². The molecule has 29 heavy (non-hydrogen) atoms. The number of carbonyl (C=O) groups is 3. The first-order chi connectivity index (χ1) is 13.7. The van der Waals surface area contributed by atoms with Crippen LogP contribution in [0.4, 0.5) is 5.69 Å². The van der Waals surface area contributed by atoms with E-state index in [0.717, 1.165) is 0 Å². The molecule has 0 saturated carbocycles. The molecule has 0 saturated heterocycles. The fourth-order valence-electron chi connectivity index (χ4n) is 3.04. The first-order valence-electron chi connectivity index (χ1n) is 8.36. The zero-order chi connectivity index (χ0) is 21.3. The van der Waals surface area contributed by atoms with Crippen LogP contribution in [-0.4, -0.2) is 25.0 Å². The van der Waals surface area contributed by atoms with E-state index < -0.39 is 17.8 Å². The van der Waals surface area contributed by atoms with Gasteiger partial charge >= 0.3 is 5.97 Å². The molecule has 148 valence electrons. The number of hydrogen-bond acceptors (Lipinski definition) is 5. The number of rotatable bonds is 4. The summed E-state index contributed by atoms with van der Waals surface area (Å²) in [6.45, 7) is 1.61. The van der Waals surface area contributed by atoms with Gasteiger partial charge < -0.3 is 14.6 Å². The van der Waals surface area contributed by atoms with E-state index in [1.807, 2.05) is 0 Å². The molecule has 0 unspecified atom stereocenters.